The highest BCUT2D eigenvalue weighted by molar-refractivity contribution is 6.30. The van der Waals surface area contributed by atoms with Gasteiger partial charge in [-0.05, 0) is 53.8 Å². The number of halogens is 1. The van der Waals surface area contributed by atoms with Crippen molar-refractivity contribution in [3.63, 3.8) is 0 Å². The Hall–Kier alpha value is -3.24. The summed E-state index contributed by atoms with van der Waals surface area (Å²) >= 11 is 6.34. The normalized spacial score (nSPS) is 15.6. The zero-order valence-electron chi connectivity index (χ0n) is 18.0. The Labute approximate surface area is 192 Å². The number of nitrogens with one attached hydrogen (secondary N) is 1. The minimum atomic E-state index is -0.185. The molecule has 0 spiro atoms. The smallest absolute Gasteiger partial charge is 0.223 e. The first kappa shape index (κ1) is 20.7. The maximum absolute atomic E-state index is 13.5. The van der Waals surface area contributed by atoms with Crippen LogP contribution in [0.1, 0.15) is 34.8 Å². The summed E-state index contributed by atoms with van der Waals surface area (Å²) in [4.78, 5) is 19.1. The van der Waals surface area contributed by atoms with E-state index in [4.69, 9.17) is 16.3 Å². The number of aryl methyl sites for hydroxylation is 1. The molecule has 32 heavy (non-hydrogen) atoms. The highest BCUT2D eigenvalue weighted by atomic mass is 35.5. The van der Waals surface area contributed by atoms with Crippen molar-refractivity contribution in [1.29, 1.82) is 0 Å². The standard InChI is InChI=1S/C27H25ClN2O2/c1-32-24-12-5-2-7-18(24)13-14-25(31)30-16-15-22-21-10-3-4-11-23(21)29-26(22)27(30)19-8-6-9-20(28)17-19/h2-12,17,27,29H,13-16H2,1H3. The predicted molar refractivity (Wildman–Crippen MR) is 128 cm³/mol. The number of carbonyl (C=O) groups excluding carboxylic acids is 1. The van der Waals surface area contributed by atoms with Gasteiger partial charge in [0.25, 0.3) is 0 Å². The molecule has 1 aromatic heterocycles. The third kappa shape index (κ3) is 3.76. The first-order valence-corrected chi connectivity index (χ1v) is 11.3. The van der Waals surface area contributed by atoms with Crippen LogP contribution in [0.3, 0.4) is 0 Å². The number of aromatic nitrogens is 1. The molecule has 162 valence electrons. The number of amides is 1. The van der Waals surface area contributed by atoms with Crippen molar-refractivity contribution >= 4 is 28.4 Å². The molecule has 4 nitrogen and oxygen atoms in total. The van der Waals surface area contributed by atoms with E-state index in [2.05, 4.69) is 29.2 Å². The Morgan fingerprint density at radius 1 is 1.09 bits per heavy atom. The quantitative estimate of drug-likeness (QED) is 0.414. The average molecular weight is 445 g/mol. The summed E-state index contributed by atoms with van der Waals surface area (Å²) < 4.78 is 5.46. The van der Waals surface area contributed by atoms with Crippen LogP contribution in [0.25, 0.3) is 10.9 Å². The Bertz CT molecular complexity index is 1280. The third-order valence-electron chi connectivity index (χ3n) is 6.32. The summed E-state index contributed by atoms with van der Waals surface area (Å²) in [6.45, 7) is 0.677. The van der Waals surface area contributed by atoms with Crippen LogP contribution < -0.4 is 4.74 Å². The Morgan fingerprint density at radius 3 is 2.75 bits per heavy atom. The number of benzene rings is 3. The van der Waals surface area contributed by atoms with Crippen LogP contribution in [0.2, 0.25) is 5.02 Å². The molecule has 5 rings (SSSR count). The molecule has 1 unspecified atom stereocenters. The van der Waals surface area contributed by atoms with Crippen LogP contribution in [0.15, 0.2) is 72.8 Å². The van der Waals surface area contributed by atoms with E-state index in [0.29, 0.717) is 24.4 Å². The lowest BCUT2D eigenvalue weighted by Gasteiger charge is -2.36. The number of rotatable bonds is 5. The summed E-state index contributed by atoms with van der Waals surface area (Å²) in [6.07, 6.45) is 1.89. The molecule has 1 aliphatic rings. The topological polar surface area (TPSA) is 45.3 Å². The number of hydrogen-bond donors (Lipinski definition) is 1. The number of fused-ring (bicyclic) bond motifs is 3. The van der Waals surface area contributed by atoms with E-state index in [-0.39, 0.29) is 11.9 Å². The number of nitrogens with zero attached hydrogens (tertiary/aromatic N) is 1. The van der Waals surface area contributed by atoms with E-state index in [0.717, 1.165) is 34.5 Å². The SMILES string of the molecule is COc1ccccc1CCC(=O)N1CCc2c([nH]c3ccccc23)C1c1cccc(Cl)c1. The first-order chi connectivity index (χ1) is 15.7. The summed E-state index contributed by atoms with van der Waals surface area (Å²) in [5.74, 6) is 0.952. The fourth-order valence-electron chi connectivity index (χ4n) is 4.83. The van der Waals surface area contributed by atoms with Crippen molar-refractivity contribution in [2.24, 2.45) is 0 Å². The van der Waals surface area contributed by atoms with Gasteiger partial charge in [-0.3, -0.25) is 4.79 Å². The molecule has 0 saturated carbocycles. The zero-order valence-corrected chi connectivity index (χ0v) is 18.7. The van der Waals surface area contributed by atoms with Gasteiger partial charge >= 0.3 is 0 Å². The summed E-state index contributed by atoms with van der Waals surface area (Å²) in [6, 6.07) is 23.9. The molecule has 5 heteroatoms. The van der Waals surface area contributed by atoms with Crippen LogP contribution in [0.5, 0.6) is 5.75 Å². The summed E-state index contributed by atoms with van der Waals surface area (Å²) in [7, 11) is 1.66. The molecular weight excluding hydrogens is 420 g/mol. The van der Waals surface area contributed by atoms with Gasteiger partial charge in [0.2, 0.25) is 5.91 Å². The lowest BCUT2D eigenvalue weighted by Crippen LogP contribution is -2.40. The maximum Gasteiger partial charge on any atom is 0.223 e. The van der Waals surface area contributed by atoms with Crippen LogP contribution in [0.4, 0.5) is 0 Å². The predicted octanol–water partition coefficient (Wildman–Crippen LogP) is 5.94. The van der Waals surface area contributed by atoms with E-state index in [1.54, 1.807) is 7.11 Å². The van der Waals surface area contributed by atoms with Gasteiger partial charge in [0.1, 0.15) is 5.75 Å². The van der Waals surface area contributed by atoms with Gasteiger partial charge in [0.05, 0.1) is 13.2 Å². The van der Waals surface area contributed by atoms with E-state index in [1.807, 2.05) is 53.4 Å². The van der Waals surface area contributed by atoms with Crippen molar-refractivity contribution in [1.82, 2.24) is 9.88 Å². The molecule has 0 bridgehead atoms. The molecule has 1 atom stereocenters. The molecule has 0 radical (unpaired) electrons. The second-order valence-electron chi connectivity index (χ2n) is 8.17. The molecular formula is C27H25ClN2O2. The van der Waals surface area contributed by atoms with E-state index < -0.39 is 0 Å². The van der Waals surface area contributed by atoms with Gasteiger partial charge in [-0.1, -0.05) is 60.1 Å². The molecule has 0 saturated heterocycles. The van der Waals surface area contributed by atoms with Gasteiger partial charge in [0, 0.05) is 34.6 Å². The highest BCUT2D eigenvalue weighted by Gasteiger charge is 2.34. The zero-order chi connectivity index (χ0) is 22.1. The fourth-order valence-corrected chi connectivity index (χ4v) is 5.03. The minimum absolute atomic E-state index is 0.130. The van der Waals surface area contributed by atoms with Gasteiger partial charge in [-0.15, -0.1) is 0 Å². The Balaban J connectivity index is 1.50. The second-order valence-corrected chi connectivity index (χ2v) is 8.61. The Morgan fingerprint density at radius 2 is 1.91 bits per heavy atom. The number of para-hydroxylation sites is 2. The molecule has 1 N–H and O–H groups in total. The number of ether oxygens (including phenoxy) is 1. The molecule has 0 fully saturated rings. The van der Waals surface area contributed by atoms with Gasteiger partial charge in [0.15, 0.2) is 0 Å². The average Bonchev–Trinajstić information content (AvgIpc) is 3.20. The van der Waals surface area contributed by atoms with Crippen molar-refractivity contribution in [2.45, 2.75) is 25.3 Å². The number of aromatic amines is 1. The van der Waals surface area contributed by atoms with E-state index in [9.17, 15) is 4.79 Å². The van der Waals surface area contributed by atoms with Gasteiger partial charge < -0.3 is 14.6 Å². The second kappa shape index (κ2) is 8.71. The molecule has 3 aromatic carbocycles. The van der Waals surface area contributed by atoms with Crippen LogP contribution >= 0.6 is 11.6 Å². The minimum Gasteiger partial charge on any atom is -0.496 e. The maximum atomic E-state index is 13.5. The number of carbonyl (C=O) groups is 1. The van der Waals surface area contributed by atoms with E-state index >= 15 is 0 Å². The molecule has 0 aliphatic carbocycles. The van der Waals surface area contributed by atoms with Gasteiger partial charge in [-0.25, -0.2) is 0 Å². The summed E-state index contributed by atoms with van der Waals surface area (Å²) in [5.41, 5.74) is 5.55. The first-order valence-electron chi connectivity index (χ1n) is 10.9. The number of H-pyrrole nitrogens is 1. The Kier molecular flexibility index (Phi) is 5.62. The third-order valence-corrected chi connectivity index (χ3v) is 6.56. The van der Waals surface area contributed by atoms with Crippen molar-refractivity contribution in [2.75, 3.05) is 13.7 Å². The molecule has 1 aliphatic heterocycles. The molecule has 2 heterocycles. The summed E-state index contributed by atoms with van der Waals surface area (Å²) in [5, 5.41) is 1.91. The van der Waals surface area contributed by atoms with E-state index in [1.165, 1.54) is 10.9 Å². The monoisotopic (exact) mass is 444 g/mol. The van der Waals surface area contributed by atoms with Crippen molar-refractivity contribution in [3.05, 3.63) is 100 Å². The van der Waals surface area contributed by atoms with Crippen molar-refractivity contribution in [3.8, 4) is 5.75 Å². The number of hydrogen-bond acceptors (Lipinski definition) is 2. The van der Waals surface area contributed by atoms with Crippen LogP contribution in [-0.2, 0) is 17.6 Å². The highest BCUT2D eigenvalue weighted by Crippen LogP contribution is 2.39. The lowest BCUT2D eigenvalue weighted by atomic mass is 9.92. The van der Waals surface area contributed by atoms with Gasteiger partial charge in [-0.2, -0.15) is 0 Å². The molecule has 4 aromatic rings. The fraction of sp³-hybridized carbons (Fsp3) is 0.222. The van der Waals surface area contributed by atoms with Crippen LogP contribution in [-0.4, -0.2) is 29.4 Å². The number of methoxy groups -OCH3 is 1. The largest absolute Gasteiger partial charge is 0.496 e. The molecule has 1 amide bonds. The van der Waals surface area contributed by atoms with Crippen molar-refractivity contribution < 1.29 is 9.53 Å². The van der Waals surface area contributed by atoms with Crippen LogP contribution in [0, 0.1) is 0 Å². The lowest BCUT2D eigenvalue weighted by molar-refractivity contribution is -0.133.